The maximum Gasteiger partial charge on any atom is 0.149 e. The molecular weight excluding hydrogens is 196 g/mol. The van der Waals surface area contributed by atoms with Gasteiger partial charge in [-0.25, -0.2) is 0 Å². The molecule has 0 amide bonds. The van der Waals surface area contributed by atoms with E-state index in [9.17, 15) is 0 Å². The summed E-state index contributed by atoms with van der Waals surface area (Å²) in [6.07, 6.45) is 3.17. The van der Waals surface area contributed by atoms with Crippen LogP contribution in [0.3, 0.4) is 0 Å². The van der Waals surface area contributed by atoms with E-state index >= 15 is 0 Å². The van der Waals surface area contributed by atoms with Crippen molar-refractivity contribution in [3.8, 4) is 0 Å². The highest BCUT2D eigenvalue weighted by atomic mass is 32.2. The summed E-state index contributed by atoms with van der Waals surface area (Å²) in [4.78, 5) is 0. The highest BCUT2D eigenvalue weighted by Gasteiger charge is 2.05. The standard InChI is InChI=1S/C9H16N4S/c1-3-7(6-14-2)11-9-5-4-8(10)12-13-9/h4-5,7H,3,6H2,1-2H3,(H2,10,12)(H,11,13). The summed E-state index contributed by atoms with van der Waals surface area (Å²) in [7, 11) is 0. The number of nitrogen functional groups attached to an aromatic ring is 1. The molecule has 0 bridgehead atoms. The van der Waals surface area contributed by atoms with Crippen LogP contribution in [0.5, 0.6) is 0 Å². The fraction of sp³-hybridized carbons (Fsp3) is 0.556. The van der Waals surface area contributed by atoms with Gasteiger partial charge >= 0.3 is 0 Å². The largest absolute Gasteiger partial charge is 0.382 e. The van der Waals surface area contributed by atoms with Crippen molar-refractivity contribution in [3.05, 3.63) is 12.1 Å². The Balaban J connectivity index is 2.53. The molecule has 1 aromatic rings. The monoisotopic (exact) mass is 212 g/mol. The molecule has 0 aromatic carbocycles. The second-order valence-corrected chi connectivity index (χ2v) is 3.96. The van der Waals surface area contributed by atoms with Crippen LogP contribution in [0.4, 0.5) is 11.6 Å². The van der Waals surface area contributed by atoms with Crippen molar-refractivity contribution >= 4 is 23.4 Å². The smallest absolute Gasteiger partial charge is 0.149 e. The van der Waals surface area contributed by atoms with Crippen LogP contribution in [0.2, 0.25) is 0 Å². The molecule has 0 aliphatic rings. The van der Waals surface area contributed by atoms with E-state index in [1.54, 1.807) is 6.07 Å². The molecule has 1 unspecified atom stereocenters. The number of nitrogens with zero attached hydrogens (tertiary/aromatic N) is 2. The van der Waals surface area contributed by atoms with Gasteiger partial charge in [0.15, 0.2) is 0 Å². The molecule has 0 saturated heterocycles. The summed E-state index contributed by atoms with van der Waals surface area (Å²) < 4.78 is 0. The minimum Gasteiger partial charge on any atom is -0.382 e. The third-order valence-corrected chi connectivity index (χ3v) is 2.63. The summed E-state index contributed by atoms with van der Waals surface area (Å²) in [5, 5.41) is 11.0. The van der Waals surface area contributed by atoms with Crippen molar-refractivity contribution in [2.24, 2.45) is 0 Å². The van der Waals surface area contributed by atoms with E-state index in [1.807, 2.05) is 17.8 Å². The third-order valence-electron chi connectivity index (χ3n) is 1.90. The zero-order valence-corrected chi connectivity index (χ0v) is 9.34. The van der Waals surface area contributed by atoms with E-state index in [1.165, 1.54) is 0 Å². The quantitative estimate of drug-likeness (QED) is 0.776. The lowest BCUT2D eigenvalue weighted by atomic mass is 10.2. The van der Waals surface area contributed by atoms with Crippen LogP contribution in [-0.2, 0) is 0 Å². The van der Waals surface area contributed by atoms with Gasteiger partial charge in [0.05, 0.1) is 0 Å². The van der Waals surface area contributed by atoms with E-state index in [-0.39, 0.29) is 0 Å². The Bertz CT molecular complexity index is 262. The van der Waals surface area contributed by atoms with E-state index in [0.29, 0.717) is 11.9 Å². The van der Waals surface area contributed by atoms with Crippen LogP contribution in [0.15, 0.2) is 12.1 Å². The highest BCUT2D eigenvalue weighted by molar-refractivity contribution is 7.98. The first-order chi connectivity index (χ1) is 6.76. The summed E-state index contributed by atoms with van der Waals surface area (Å²) in [5.74, 6) is 2.32. The van der Waals surface area contributed by atoms with Gasteiger partial charge in [-0.3, -0.25) is 0 Å². The topological polar surface area (TPSA) is 63.8 Å². The first-order valence-corrected chi connectivity index (χ1v) is 6.00. The molecule has 4 nitrogen and oxygen atoms in total. The molecule has 14 heavy (non-hydrogen) atoms. The van der Waals surface area contributed by atoms with Gasteiger partial charge in [-0.2, -0.15) is 11.8 Å². The number of rotatable bonds is 5. The number of nitrogens with two attached hydrogens (primary N) is 1. The molecule has 1 rings (SSSR count). The maximum absolute atomic E-state index is 5.44. The number of hydrogen-bond donors (Lipinski definition) is 2. The maximum atomic E-state index is 5.44. The number of anilines is 2. The van der Waals surface area contributed by atoms with Gasteiger partial charge in [0.1, 0.15) is 11.6 Å². The molecule has 0 spiro atoms. The van der Waals surface area contributed by atoms with Crippen LogP contribution in [-0.4, -0.2) is 28.2 Å². The van der Waals surface area contributed by atoms with E-state index in [4.69, 9.17) is 5.73 Å². The predicted molar refractivity (Wildman–Crippen MR) is 62.5 cm³/mol. The Kier molecular flexibility index (Phi) is 4.52. The van der Waals surface area contributed by atoms with Crippen molar-refractivity contribution in [2.45, 2.75) is 19.4 Å². The molecule has 0 aliphatic carbocycles. The lowest BCUT2D eigenvalue weighted by molar-refractivity contribution is 0.765. The number of hydrogen-bond acceptors (Lipinski definition) is 5. The summed E-state index contributed by atoms with van der Waals surface area (Å²) in [6.45, 7) is 2.15. The van der Waals surface area contributed by atoms with E-state index in [2.05, 4.69) is 28.7 Å². The van der Waals surface area contributed by atoms with Crippen LogP contribution in [0.25, 0.3) is 0 Å². The Morgan fingerprint density at radius 3 is 2.79 bits per heavy atom. The Labute approximate surface area is 88.7 Å². The lowest BCUT2D eigenvalue weighted by Gasteiger charge is -2.15. The third kappa shape index (κ3) is 3.41. The van der Waals surface area contributed by atoms with Gasteiger partial charge in [-0.15, -0.1) is 10.2 Å². The van der Waals surface area contributed by atoms with Gasteiger partial charge in [0.2, 0.25) is 0 Å². The average Bonchev–Trinajstić information content (AvgIpc) is 2.20. The summed E-state index contributed by atoms with van der Waals surface area (Å²) >= 11 is 1.82. The number of nitrogens with one attached hydrogen (secondary N) is 1. The molecule has 78 valence electrons. The van der Waals surface area contributed by atoms with Crippen LogP contribution in [0, 0.1) is 0 Å². The van der Waals surface area contributed by atoms with Crippen molar-refractivity contribution in [1.82, 2.24) is 10.2 Å². The van der Waals surface area contributed by atoms with Crippen molar-refractivity contribution in [3.63, 3.8) is 0 Å². The first-order valence-electron chi connectivity index (χ1n) is 4.61. The molecule has 0 fully saturated rings. The molecule has 1 heterocycles. The van der Waals surface area contributed by atoms with Gasteiger partial charge in [0.25, 0.3) is 0 Å². The number of thioether (sulfide) groups is 1. The summed E-state index contributed by atoms with van der Waals surface area (Å²) in [5.41, 5.74) is 5.44. The highest BCUT2D eigenvalue weighted by Crippen LogP contribution is 2.09. The van der Waals surface area contributed by atoms with Crippen LogP contribution < -0.4 is 11.1 Å². The Morgan fingerprint density at radius 1 is 1.50 bits per heavy atom. The molecule has 0 aliphatic heterocycles. The lowest BCUT2D eigenvalue weighted by Crippen LogP contribution is -2.21. The van der Waals surface area contributed by atoms with Gasteiger partial charge in [-0.1, -0.05) is 6.92 Å². The molecule has 1 aromatic heterocycles. The number of aromatic nitrogens is 2. The zero-order chi connectivity index (χ0) is 10.4. The first kappa shape index (κ1) is 11.1. The zero-order valence-electron chi connectivity index (χ0n) is 8.53. The second kappa shape index (κ2) is 5.70. The van der Waals surface area contributed by atoms with Gasteiger partial charge in [0, 0.05) is 11.8 Å². The predicted octanol–water partition coefficient (Wildman–Crippen LogP) is 1.61. The van der Waals surface area contributed by atoms with Crippen molar-refractivity contribution < 1.29 is 0 Å². The Hall–Kier alpha value is -0.970. The van der Waals surface area contributed by atoms with Gasteiger partial charge in [-0.05, 0) is 24.8 Å². The molecule has 0 saturated carbocycles. The SMILES string of the molecule is CCC(CSC)Nc1ccc(N)nn1. The van der Waals surface area contributed by atoms with Crippen LogP contribution in [0.1, 0.15) is 13.3 Å². The normalized spacial score (nSPS) is 12.4. The minimum atomic E-state index is 0.447. The average molecular weight is 212 g/mol. The van der Waals surface area contributed by atoms with Crippen molar-refractivity contribution in [1.29, 1.82) is 0 Å². The molecule has 0 radical (unpaired) electrons. The molecule has 1 atom stereocenters. The van der Waals surface area contributed by atoms with Gasteiger partial charge < -0.3 is 11.1 Å². The second-order valence-electron chi connectivity index (χ2n) is 3.05. The van der Waals surface area contributed by atoms with E-state index < -0.39 is 0 Å². The fourth-order valence-electron chi connectivity index (χ4n) is 1.09. The molecular formula is C9H16N4S. The molecule has 3 N–H and O–H groups in total. The van der Waals surface area contributed by atoms with Crippen LogP contribution >= 0.6 is 11.8 Å². The fourth-order valence-corrected chi connectivity index (χ4v) is 1.81. The summed E-state index contributed by atoms with van der Waals surface area (Å²) in [6, 6.07) is 4.05. The Morgan fingerprint density at radius 2 is 2.29 bits per heavy atom. The van der Waals surface area contributed by atoms with E-state index in [0.717, 1.165) is 18.0 Å². The molecule has 5 heteroatoms. The minimum absolute atomic E-state index is 0.447. The van der Waals surface area contributed by atoms with Crippen molar-refractivity contribution in [2.75, 3.05) is 23.1 Å².